The first kappa shape index (κ1) is 15.9. The third-order valence-corrected chi connectivity index (χ3v) is 3.49. The van der Waals surface area contributed by atoms with Crippen LogP contribution in [-0.2, 0) is 13.2 Å². The Kier molecular flexibility index (Phi) is 5.70. The van der Waals surface area contributed by atoms with E-state index in [-0.39, 0.29) is 5.82 Å². The van der Waals surface area contributed by atoms with Gasteiger partial charge in [0.15, 0.2) is 0 Å². The molecule has 3 nitrogen and oxygen atoms in total. The molecule has 0 saturated carbocycles. The first-order valence-corrected chi connectivity index (χ1v) is 7.59. The Morgan fingerprint density at radius 1 is 1.29 bits per heavy atom. The molecule has 0 atom stereocenters. The summed E-state index contributed by atoms with van der Waals surface area (Å²) in [7, 11) is 0. The molecule has 0 spiro atoms. The predicted molar refractivity (Wildman–Crippen MR) is 84.6 cm³/mol. The van der Waals surface area contributed by atoms with Gasteiger partial charge in [-0.3, -0.25) is 4.98 Å². The summed E-state index contributed by atoms with van der Waals surface area (Å²) in [5, 5.41) is 3.31. The van der Waals surface area contributed by atoms with Gasteiger partial charge in [-0.05, 0) is 45.8 Å². The van der Waals surface area contributed by atoms with Crippen molar-refractivity contribution in [1.29, 1.82) is 0 Å². The lowest BCUT2D eigenvalue weighted by Gasteiger charge is -2.09. The number of pyridine rings is 1. The number of rotatable bonds is 6. The maximum Gasteiger partial charge on any atom is 0.138 e. The molecule has 0 fully saturated rings. The van der Waals surface area contributed by atoms with E-state index in [2.05, 4.69) is 40.1 Å². The van der Waals surface area contributed by atoms with E-state index in [1.165, 1.54) is 6.07 Å². The van der Waals surface area contributed by atoms with E-state index in [0.717, 1.165) is 17.8 Å². The summed E-state index contributed by atoms with van der Waals surface area (Å²) in [5.41, 5.74) is 1.87. The second-order valence-electron chi connectivity index (χ2n) is 5.06. The van der Waals surface area contributed by atoms with Crippen LogP contribution in [0.1, 0.15) is 25.1 Å². The minimum Gasteiger partial charge on any atom is -0.487 e. The Hall–Kier alpha value is -1.46. The number of nitrogens with one attached hydrogen (secondary N) is 1. The number of hydrogen-bond acceptors (Lipinski definition) is 3. The summed E-state index contributed by atoms with van der Waals surface area (Å²) in [6.45, 7) is 5.31. The second-order valence-corrected chi connectivity index (χ2v) is 5.91. The van der Waals surface area contributed by atoms with E-state index in [9.17, 15) is 4.39 Å². The van der Waals surface area contributed by atoms with Gasteiger partial charge >= 0.3 is 0 Å². The number of hydrogen-bond donors (Lipinski definition) is 1. The molecule has 0 aliphatic heterocycles. The Labute approximate surface area is 132 Å². The van der Waals surface area contributed by atoms with E-state index in [1.807, 2.05) is 12.1 Å². The van der Waals surface area contributed by atoms with Crippen molar-refractivity contribution < 1.29 is 9.13 Å². The summed E-state index contributed by atoms with van der Waals surface area (Å²) in [6, 6.07) is 9.09. The third kappa shape index (κ3) is 5.10. The predicted octanol–water partition coefficient (Wildman–Crippen LogP) is 4.06. The summed E-state index contributed by atoms with van der Waals surface area (Å²) in [6.07, 6.45) is 1.70. The van der Waals surface area contributed by atoms with Gasteiger partial charge in [0.2, 0.25) is 0 Å². The van der Waals surface area contributed by atoms with Gasteiger partial charge in [0.05, 0.1) is 16.4 Å². The third-order valence-electron chi connectivity index (χ3n) is 2.88. The first-order valence-electron chi connectivity index (χ1n) is 6.79. The topological polar surface area (TPSA) is 34.1 Å². The molecule has 21 heavy (non-hydrogen) atoms. The minimum absolute atomic E-state index is 0.276. The molecule has 0 radical (unpaired) electrons. The summed E-state index contributed by atoms with van der Waals surface area (Å²) in [5.74, 6) is 0.422. The van der Waals surface area contributed by atoms with Gasteiger partial charge in [-0.25, -0.2) is 4.39 Å². The highest BCUT2D eigenvalue weighted by Crippen LogP contribution is 2.18. The number of nitrogens with zero attached hydrogens (tertiary/aromatic N) is 1. The highest BCUT2D eigenvalue weighted by molar-refractivity contribution is 9.10. The largest absolute Gasteiger partial charge is 0.487 e. The normalized spacial score (nSPS) is 10.9. The Morgan fingerprint density at radius 2 is 2.10 bits per heavy atom. The van der Waals surface area contributed by atoms with Crippen LogP contribution in [0.2, 0.25) is 0 Å². The lowest BCUT2D eigenvalue weighted by Crippen LogP contribution is -2.22. The lowest BCUT2D eigenvalue weighted by molar-refractivity contribution is 0.304. The molecule has 1 N–H and O–H groups in total. The van der Waals surface area contributed by atoms with Crippen molar-refractivity contribution in [2.75, 3.05) is 0 Å². The molecular weight excluding hydrogens is 335 g/mol. The van der Waals surface area contributed by atoms with Crippen molar-refractivity contribution in [1.82, 2.24) is 10.3 Å². The monoisotopic (exact) mass is 352 g/mol. The second kappa shape index (κ2) is 7.52. The van der Waals surface area contributed by atoms with Crippen molar-refractivity contribution in [3.8, 4) is 5.75 Å². The first-order chi connectivity index (χ1) is 10.0. The molecule has 112 valence electrons. The maximum atomic E-state index is 13.1. The maximum absolute atomic E-state index is 13.1. The lowest BCUT2D eigenvalue weighted by atomic mass is 10.2. The van der Waals surface area contributed by atoms with E-state index in [0.29, 0.717) is 22.9 Å². The van der Waals surface area contributed by atoms with Crippen molar-refractivity contribution in [2.45, 2.75) is 33.0 Å². The summed E-state index contributed by atoms with van der Waals surface area (Å²) in [4.78, 5) is 4.34. The number of halogens is 2. The fraction of sp³-hybridized carbons (Fsp3) is 0.312. The van der Waals surface area contributed by atoms with Gasteiger partial charge in [-0.2, -0.15) is 0 Å². The standard InChI is InChI=1S/C16H18BrFN2O/c1-11(2)19-8-13-4-5-14(9-20-13)21-10-12-3-6-16(18)15(17)7-12/h3-7,9,11,19H,8,10H2,1-2H3. The Morgan fingerprint density at radius 3 is 2.71 bits per heavy atom. The van der Waals surface area contributed by atoms with E-state index >= 15 is 0 Å². The molecule has 0 aliphatic rings. The summed E-state index contributed by atoms with van der Waals surface area (Å²) < 4.78 is 19.2. The van der Waals surface area contributed by atoms with Crippen molar-refractivity contribution in [3.05, 3.63) is 58.1 Å². The molecule has 2 rings (SSSR count). The molecule has 1 aromatic heterocycles. The highest BCUT2D eigenvalue weighted by atomic mass is 79.9. The Balaban J connectivity index is 1.89. The van der Waals surface area contributed by atoms with Crippen LogP contribution in [-0.4, -0.2) is 11.0 Å². The number of ether oxygens (including phenoxy) is 1. The fourth-order valence-corrected chi connectivity index (χ4v) is 2.13. The van der Waals surface area contributed by atoms with Crippen molar-refractivity contribution in [3.63, 3.8) is 0 Å². The van der Waals surface area contributed by atoms with Gasteiger partial charge in [-0.1, -0.05) is 19.9 Å². The molecule has 0 saturated heterocycles. The molecule has 1 heterocycles. The van der Waals surface area contributed by atoms with Crippen molar-refractivity contribution >= 4 is 15.9 Å². The smallest absolute Gasteiger partial charge is 0.138 e. The van der Waals surface area contributed by atoms with Crippen LogP contribution in [0.15, 0.2) is 41.0 Å². The quantitative estimate of drug-likeness (QED) is 0.851. The zero-order chi connectivity index (χ0) is 15.2. The highest BCUT2D eigenvalue weighted by Gasteiger charge is 2.02. The van der Waals surface area contributed by atoms with Gasteiger partial charge in [0.1, 0.15) is 18.2 Å². The van der Waals surface area contributed by atoms with Gasteiger partial charge < -0.3 is 10.1 Å². The molecule has 0 bridgehead atoms. The average Bonchev–Trinajstić information content (AvgIpc) is 2.47. The van der Waals surface area contributed by atoms with E-state index in [4.69, 9.17) is 4.74 Å². The van der Waals surface area contributed by atoms with Crippen LogP contribution in [0.3, 0.4) is 0 Å². The SMILES string of the molecule is CC(C)NCc1ccc(OCc2ccc(F)c(Br)c2)cn1. The zero-order valence-corrected chi connectivity index (χ0v) is 13.7. The molecule has 0 unspecified atom stereocenters. The minimum atomic E-state index is -0.276. The van der Waals surface area contributed by atoms with Gasteiger partial charge in [-0.15, -0.1) is 0 Å². The molecule has 2 aromatic rings. The molecule has 1 aromatic carbocycles. The molecular formula is C16H18BrFN2O. The number of aromatic nitrogens is 1. The van der Waals surface area contributed by atoms with Crippen LogP contribution in [0.4, 0.5) is 4.39 Å². The average molecular weight is 353 g/mol. The van der Waals surface area contributed by atoms with E-state index < -0.39 is 0 Å². The van der Waals surface area contributed by atoms with Gasteiger partial charge in [0, 0.05) is 12.6 Å². The van der Waals surface area contributed by atoms with Crippen LogP contribution in [0.5, 0.6) is 5.75 Å². The molecule has 0 aliphatic carbocycles. The summed E-state index contributed by atoms with van der Waals surface area (Å²) >= 11 is 3.16. The fourth-order valence-electron chi connectivity index (χ4n) is 1.71. The van der Waals surface area contributed by atoms with Crippen LogP contribution in [0, 0.1) is 5.82 Å². The van der Waals surface area contributed by atoms with Crippen LogP contribution >= 0.6 is 15.9 Å². The molecule has 0 amide bonds. The van der Waals surface area contributed by atoms with Crippen LogP contribution < -0.4 is 10.1 Å². The van der Waals surface area contributed by atoms with Crippen molar-refractivity contribution in [2.24, 2.45) is 0 Å². The van der Waals surface area contributed by atoms with E-state index in [1.54, 1.807) is 18.3 Å². The molecule has 5 heteroatoms. The Bertz CT molecular complexity index is 587. The van der Waals surface area contributed by atoms with Gasteiger partial charge in [0.25, 0.3) is 0 Å². The zero-order valence-electron chi connectivity index (χ0n) is 12.1. The van der Waals surface area contributed by atoms with Crippen LogP contribution in [0.25, 0.3) is 0 Å². The number of benzene rings is 1.